The first-order valence-corrected chi connectivity index (χ1v) is 9.34. The van der Waals surface area contributed by atoms with Crippen molar-refractivity contribution in [3.8, 4) is 0 Å². The second-order valence-corrected chi connectivity index (χ2v) is 7.01. The van der Waals surface area contributed by atoms with Gasteiger partial charge in [-0.3, -0.25) is 9.89 Å². The summed E-state index contributed by atoms with van der Waals surface area (Å²) in [6.45, 7) is 11.2. The summed E-state index contributed by atoms with van der Waals surface area (Å²) in [6, 6.07) is 0.567. The Morgan fingerprint density at radius 3 is 2.32 bits per heavy atom. The van der Waals surface area contributed by atoms with E-state index in [-0.39, 0.29) is 24.0 Å². The molecule has 1 aliphatic rings. The fourth-order valence-electron chi connectivity index (χ4n) is 2.63. The van der Waals surface area contributed by atoms with Gasteiger partial charge in [-0.1, -0.05) is 13.8 Å². The summed E-state index contributed by atoms with van der Waals surface area (Å²) in [5.41, 5.74) is 0. The van der Waals surface area contributed by atoms with Crippen LogP contribution in [0.15, 0.2) is 4.99 Å². The van der Waals surface area contributed by atoms with Crippen LogP contribution in [0.2, 0.25) is 0 Å². The van der Waals surface area contributed by atoms with E-state index in [4.69, 9.17) is 0 Å². The molecule has 1 aliphatic heterocycles. The Morgan fingerprint density at radius 2 is 1.82 bits per heavy atom. The molecule has 0 radical (unpaired) electrons. The molecule has 1 heterocycles. The summed E-state index contributed by atoms with van der Waals surface area (Å²) in [4.78, 5) is 9.33. The number of nitrogens with zero attached hydrogens (tertiary/aromatic N) is 3. The highest BCUT2D eigenvalue weighted by Crippen LogP contribution is 2.12. The first-order chi connectivity index (χ1) is 10.1. The zero-order valence-electron chi connectivity index (χ0n) is 14.8. The number of aliphatic imine (C=N–C) groups is 1. The molecule has 0 saturated carbocycles. The molecule has 0 aliphatic carbocycles. The quantitative estimate of drug-likeness (QED) is 0.270. The normalized spacial score (nSPS) is 18.9. The van der Waals surface area contributed by atoms with Gasteiger partial charge in [-0.15, -0.1) is 24.0 Å². The van der Waals surface area contributed by atoms with Crippen molar-refractivity contribution in [3.63, 3.8) is 0 Å². The van der Waals surface area contributed by atoms with Gasteiger partial charge in [0.1, 0.15) is 0 Å². The van der Waals surface area contributed by atoms with Gasteiger partial charge in [0.05, 0.1) is 0 Å². The van der Waals surface area contributed by atoms with Crippen molar-refractivity contribution in [2.45, 2.75) is 19.9 Å². The lowest BCUT2D eigenvalue weighted by Crippen LogP contribution is -2.55. The second-order valence-electron chi connectivity index (χ2n) is 6.02. The van der Waals surface area contributed by atoms with E-state index < -0.39 is 0 Å². The summed E-state index contributed by atoms with van der Waals surface area (Å²) >= 11 is 1.85. The van der Waals surface area contributed by atoms with E-state index in [0.29, 0.717) is 12.0 Å². The molecule has 5 nitrogen and oxygen atoms in total. The van der Waals surface area contributed by atoms with Crippen LogP contribution in [0.4, 0.5) is 0 Å². The third kappa shape index (κ3) is 8.21. The molecule has 0 spiro atoms. The number of likely N-dealkylation sites (N-methyl/N-ethyl adjacent to an activating group) is 1. The van der Waals surface area contributed by atoms with Crippen molar-refractivity contribution in [1.82, 2.24) is 20.4 Å². The third-order valence-electron chi connectivity index (χ3n) is 4.08. The van der Waals surface area contributed by atoms with Crippen LogP contribution in [0.5, 0.6) is 0 Å². The zero-order chi connectivity index (χ0) is 15.7. The van der Waals surface area contributed by atoms with E-state index in [1.807, 2.05) is 18.8 Å². The van der Waals surface area contributed by atoms with Crippen molar-refractivity contribution in [2.24, 2.45) is 10.9 Å². The molecule has 1 atom stereocenters. The molecule has 0 aromatic carbocycles. The molecule has 0 aromatic heterocycles. The summed E-state index contributed by atoms with van der Waals surface area (Å²) in [6.07, 6.45) is 2.13. The van der Waals surface area contributed by atoms with Gasteiger partial charge >= 0.3 is 0 Å². The minimum absolute atomic E-state index is 0. The molecule has 0 bridgehead atoms. The van der Waals surface area contributed by atoms with Crippen molar-refractivity contribution < 1.29 is 0 Å². The molecule has 0 amide bonds. The van der Waals surface area contributed by atoms with Gasteiger partial charge in [0.25, 0.3) is 0 Å². The fourth-order valence-corrected chi connectivity index (χ4v) is 2.94. The number of hydrogen-bond donors (Lipinski definition) is 2. The maximum Gasteiger partial charge on any atom is 0.191 e. The average Bonchev–Trinajstić information content (AvgIpc) is 2.47. The van der Waals surface area contributed by atoms with E-state index in [1.54, 1.807) is 0 Å². The van der Waals surface area contributed by atoms with E-state index in [2.05, 4.69) is 52.6 Å². The van der Waals surface area contributed by atoms with Crippen molar-refractivity contribution in [1.29, 1.82) is 0 Å². The number of rotatable bonds is 7. The van der Waals surface area contributed by atoms with Crippen LogP contribution in [-0.2, 0) is 0 Å². The number of halogens is 1. The maximum absolute atomic E-state index is 4.31. The third-order valence-corrected chi connectivity index (χ3v) is 4.69. The molecular weight excluding hydrogens is 409 g/mol. The van der Waals surface area contributed by atoms with Crippen LogP contribution in [0.1, 0.15) is 13.8 Å². The van der Waals surface area contributed by atoms with Crippen molar-refractivity contribution >= 4 is 41.7 Å². The minimum atomic E-state index is 0. The van der Waals surface area contributed by atoms with Gasteiger partial charge in [-0.05, 0) is 19.2 Å². The highest BCUT2D eigenvalue weighted by Gasteiger charge is 2.24. The standard InChI is InChI=1S/C15H33N5S.HI/c1-13(2)14(20-9-7-19(4)8-10-20)12-18-15(16-3)17-6-11-21-5;/h13-14H,6-12H2,1-5H3,(H2,16,17,18);1H. The predicted molar refractivity (Wildman–Crippen MR) is 111 cm³/mol. The number of thioether (sulfide) groups is 1. The molecule has 1 rings (SSSR count). The highest BCUT2D eigenvalue weighted by molar-refractivity contribution is 14.0. The van der Waals surface area contributed by atoms with Gasteiger partial charge in [0.2, 0.25) is 0 Å². The lowest BCUT2D eigenvalue weighted by atomic mass is 10.0. The lowest BCUT2D eigenvalue weighted by Gasteiger charge is -2.40. The molecule has 7 heteroatoms. The lowest BCUT2D eigenvalue weighted by molar-refractivity contribution is 0.0900. The first-order valence-electron chi connectivity index (χ1n) is 7.94. The molecule has 1 unspecified atom stereocenters. The van der Waals surface area contributed by atoms with Crippen molar-refractivity contribution in [3.05, 3.63) is 0 Å². The summed E-state index contributed by atoms with van der Waals surface area (Å²) in [7, 11) is 4.05. The number of guanidine groups is 1. The molecule has 1 saturated heterocycles. The Hall–Kier alpha value is 0.270. The van der Waals surface area contributed by atoms with E-state index >= 15 is 0 Å². The Morgan fingerprint density at radius 1 is 1.18 bits per heavy atom. The largest absolute Gasteiger partial charge is 0.356 e. The van der Waals surface area contributed by atoms with Crippen LogP contribution in [0.25, 0.3) is 0 Å². The van der Waals surface area contributed by atoms with Crippen LogP contribution >= 0.6 is 35.7 Å². The summed E-state index contributed by atoms with van der Waals surface area (Å²) < 4.78 is 0. The van der Waals surface area contributed by atoms with Gasteiger partial charge in [0, 0.05) is 58.1 Å². The van der Waals surface area contributed by atoms with Gasteiger partial charge < -0.3 is 15.5 Å². The zero-order valence-corrected chi connectivity index (χ0v) is 17.9. The van der Waals surface area contributed by atoms with Gasteiger partial charge in [-0.25, -0.2) is 0 Å². The molecule has 0 aromatic rings. The van der Waals surface area contributed by atoms with E-state index in [9.17, 15) is 0 Å². The monoisotopic (exact) mass is 443 g/mol. The number of piperazine rings is 1. The first kappa shape index (κ1) is 22.3. The van der Waals surface area contributed by atoms with E-state index in [1.165, 1.54) is 26.2 Å². The van der Waals surface area contributed by atoms with Gasteiger partial charge in [-0.2, -0.15) is 11.8 Å². The molecule has 22 heavy (non-hydrogen) atoms. The van der Waals surface area contributed by atoms with Crippen molar-refractivity contribution in [2.75, 3.05) is 65.4 Å². The van der Waals surface area contributed by atoms with Crippen LogP contribution in [0, 0.1) is 5.92 Å². The Kier molecular flexibility index (Phi) is 12.8. The molecule has 1 fully saturated rings. The highest BCUT2D eigenvalue weighted by atomic mass is 127. The van der Waals surface area contributed by atoms with Crippen LogP contribution < -0.4 is 10.6 Å². The molecular formula is C15H34IN5S. The Labute approximate surface area is 158 Å². The van der Waals surface area contributed by atoms with Crippen LogP contribution in [-0.4, -0.2) is 87.2 Å². The fraction of sp³-hybridized carbons (Fsp3) is 0.933. The smallest absolute Gasteiger partial charge is 0.191 e. The van der Waals surface area contributed by atoms with Gasteiger partial charge in [0.15, 0.2) is 5.96 Å². The number of nitrogens with one attached hydrogen (secondary N) is 2. The summed E-state index contributed by atoms with van der Waals surface area (Å²) in [5, 5.41) is 6.86. The topological polar surface area (TPSA) is 42.9 Å². The molecule has 2 N–H and O–H groups in total. The second kappa shape index (κ2) is 12.7. The SMILES string of the molecule is CN=C(NCCSC)NCC(C(C)C)N1CCN(C)CC1.I. The predicted octanol–water partition coefficient (Wildman–Crippen LogP) is 1.40. The Bertz CT molecular complexity index is 306. The average molecular weight is 443 g/mol. The van der Waals surface area contributed by atoms with E-state index in [0.717, 1.165) is 24.8 Å². The minimum Gasteiger partial charge on any atom is -0.356 e. The Balaban J connectivity index is 0.00000441. The number of hydrogen-bond acceptors (Lipinski definition) is 4. The van der Waals surface area contributed by atoms with Crippen LogP contribution in [0.3, 0.4) is 0 Å². The maximum atomic E-state index is 4.31. The summed E-state index contributed by atoms with van der Waals surface area (Å²) in [5.74, 6) is 2.67. The molecule has 132 valence electrons.